The molecule has 74 valence electrons. The van der Waals surface area contributed by atoms with E-state index in [2.05, 4.69) is 12.4 Å². The predicted octanol–water partition coefficient (Wildman–Crippen LogP) is 1.53. The number of carbonyl (C=O) groups excluding carboxylic acids is 1. The molecule has 0 aliphatic rings. The number of amides is 1. The van der Waals surface area contributed by atoms with Crippen molar-refractivity contribution in [3.05, 3.63) is 0 Å². The third kappa shape index (κ3) is 8.83. The van der Waals surface area contributed by atoms with Gasteiger partial charge in [0.25, 0.3) is 5.91 Å². The molecule has 0 radical (unpaired) electrons. The lowest BCUT2D eigenvalue weighted by molar-refractivity contribution is -0.132. The molecule has 0 aliphatic heterocycles. The molecule has 0 aromatic carbocycles. The molecule has 0 rings (SSSR count). The van der Waals surface area contributed by atoms with Gasteiger partial charge in [-0.3, -0.25) is 9.63 Å². The second-order valence-corrected chi connectivity index (χ2v) is 2.77. The highest BCUT2D eigenvalue weighted by atomic mass is 16.6. The lowest BCUT2D eigenvalue weighted by Gasteiger charge is -2.02. The van der Waals surface area contributed by atoms with E-state index in [4.69, 9.17) is 10.1 Å². The van der Waals surface area contributed by atoms with Crippen molar-refractivity contribution in [2.75, 3.05) is 6.61 Å². The lowest BCUT2D eigenvalue weighted by Crippen LogP contribution is -2.23. The second-order valence-electron chi connectivity index (χ2n) is 2.77. The van der Waals surface area contributed by atoms with Gasteiger partial charge in [0.2, 0.25) is 0 Å². The first kappa shape index (κ1) is 11.9. The zero-order valence-electron chi connectivity index (χ0n) is 8.01. The fourth-order valence-electron chi connectivity index (χ4n) is 0.840. The zero-order chi connectivity index (χ0) is 9.94. The lowest BCUT2D eigenvalue weighted by atomic mass is 10.2. The molecule has 0 aliphatic carbocycles. The number of hydroxylamine groups is 1. The quantitative estimate of drug-likeness (QED) is 0.482. The van der Waals surface area contributed by atoms with E-state index in [9.17, 15) is 4.79 Å². The number of hydrogen-bond donors (Lipinski definition) is 1. The Balaban J connectivity index is 3.08. The zero-order valence-corrected chi connectivity index (χ0v) is 8.01. The van der Waals surface area contributed by atoms with Crippen LogP contribution < -0.4 is 5.48 Å². The molecule has 0 heterocycles. The first-order chi connectivity index (χ1) is 6.31. The molecule has 1 amide bonds. The summed E-state index contributed by atoms with van der Waals surface area (Å²) in [6.07, 6.45) is 4.29. The number of nitriles is 1. The first-order valence-corrected chi connectivity index (χ1v) is 4.58. The van der Waals surface area contributed by atoms with Crippen LogP contribution in [0.4, 0.5) is 0 Å². The topological polar surface area (TPSA) is 62.1 Å². The van der Waals surface area contributed by atoms with Crippen molar-refractivity contribution in [2.24, 2.45) is 0 Å². The smallest absolute Gasteiger partial charge is 0.257 e. The van der Waals surface area contributed by atoms with Gasteiger partial charge in [0.05, 0.1) is 12.7 Å². The summed E-state index contributed by atoms with van der Waals surface area (Å²) in [6.45, 7) is 2.66. The summed E-state index contributed by atoms with van der Waals surface area (Å²) in [7, 11) is 0. The molecule has 0 aromatic rings. The van der Waals surface area contributed by atoms with Crippen LogP contribution in [0.3, 0.4) is 0 Å². The molecule has 13 heavy (non-hydrogen) atoms. The number of rotatable bonds is 7. The van der Waals surface area contributed by atoms with E-state index >= 15 is 0 Å². The minimum absolute atomic E-state index is 0.144. The van der Waals surface area contributed by atoms with Crippen LogP contribution in [-0.4, -0.2) is 12.5 Å². The van der Waals surface area contributed by atoms with Gasteiger partial charge in [-0.05, 0) is 6.42 Å². The number of nitrogens with one attached hydrogen (secondary N) is 1. The maximum absolute atomic E-state index is 10.7. The molecule has 0 saturated carbocycles. The summed E-state index contributed by atoms with van der Waals surface area (Å²) < 4.78 is 0. The van der Waals surface area contributed by atoms with Gasteiger partial charge in [-0.15, -0.1) is 0 Å². The van der Waals surface area contributed by atoms with Gasteiger partial charge in [0.15, 0.2) is 0 Å². The molecule has 0 atom stereocenters. The van der Waals surface area contributed by atoms with Crippen molar-refractivity contribution in [1.82, 2.24) is 5.48 Å². The van der Waals surface area contributed by atoms with Gasteiger partial charge >= 0.3 is 0 Å². The summed E-state index contributed by atoms with van der Waals surface area (Å²) >= 11 is 0. The summed E-state index contributed by atoms with van der Waals surface area (Å²) in [6, 6.07) is 1.74. The monoisotopic (exact) mass is 184 g/mol. The van der Waals surface area contributed by atoms with Crippen molar-refractivity contribution in [3.8, 4) is 6.07 Å². The summed E-state index contributed by atoms with van der Waals surface area (Å²) in [4.78, 5) is 15.5. The van der Waals surface area contributed by atoms with Crippen LogP contribution in [-0.2, 0) is 9.63 Å². The van der Waals surface area contributed by atoms with E-state index in [1.54, 1.807) is 6.07 Å². The normalized spacial score (nSPS) is 9.23. The van der Waals surface area contributed by atoms with Crippen molar-refractivity contribution in [2.45, 2.75) is 39.0 Å². The summed E-state index contributed by atoms with van der Waals surface area (Å²) in [5.41, 5.74) is 2.20. The van der Waals surface area contributed by atoms with Gasteiger partial charge in [-0.1, -0.05) is 26.2 Å². The van der Waals surface area contributed by atoms with Gasteiger partial charge in [0, 0.05) is 0 Å². The Bertz CT molecular complexity index is 175. The molecule has 0 spiro atoms. The minimum atomic E-state index is -0.377. The maximum atomic E-state index is 10.7. The van der Waals surface area contributed by atoms with Gasteiger partial charge in [0.1, 0.15) is 6.42 Å². The largest absolute Gasteiger partial charge is 0.274 e. The maximum Gasteiger partial charge on any atom is 0.257 e. The Labute approximate surface area is 78.8 Å². The summed E-state index contributed by atoms with van der Waals surface area (Å²) in [5, 5.41) is 8.14. The van der Waals surface area contributed by atoms with Crippen molar-refractivity contribution < 1.29 is 9.63 Å². The Morgan fingerprint density at radius 2 is 2.23 bits per heavy atom. The SMILES string of the molecule is CCCCCCONC(=O)CC#N. The molecule has 0 saturated heterocycles. The molecule has 1 N–H and O–H groups in total. The van der Waals surface area contributed by atoms with E-state index in [1.807, 2.05) is 0 Å². The highest BCUT2D eigenvalue weighted by Crippen LogP contribution is 1.97. The highest BCUT2D eigenvalue weighted by Gasteiger charge is 1.97. The van der Waals surface area contributed by atoms with Crippen LogP contribution >= 0.6 is 0 Å². The molecule has 4 heteroatoms. The Morgan fingerprint density at radius 3 is 2.85 bits per heavy atom. The van der Waals surface area contributed by atoms with E-state index in [-0.39, 0.29) is 12.3 Å². The van der Waals surface area contributed by atoms with E-state index < -0.39 is 0 Å². The third-order valence-electron chi connectivity index (χ3n) is 1.53. The predicted molar refractivity (Wildman–Crippen MR) is 48.5 cm³/mol. The Kier molecular flexibility index (Phi) is 8.26. The van der Waals surface area contributed by atoms with Gasteiger partial charge in [-0.2, -0.15) is 5.26 Å². The van der Waals surface area contributed by atoms with Gasteiger partial charge in [-0.25, -0.2) is 5.48 Å². The fourth-order valence-corrected chi connectivity index (χ4v) is 0.840. The Hall–Kier alpha value is -1.08. The number of hydrogen-bond acceptors (Lipinski definition) is 3. The van der Waals surface area contributed by atoms with Crippen LogP contribution in [0, 0.1) is 11.3 Å². The molecular weight excluding hydrogens is 168 g/mol. The fraction of sp³-hybridized carbons (Fsp3) is 0.778. The van der Waals surface area contributed by atoms with Crippen LogP contribution in [0.15, 0.2) is 0 Å². The van der Waals surface area contributed by atoms with Crippen molar-refractivity contribution in [3.63, 3.8) is 0 Å². The highest BCUT2D eigenvalue weighted by molar-refractivity contribution is 5.76. The standard InChI is InChI=1S/C9H16N2O2/c1-2-3-4-5-8-13-11-9(12)6-7-10/h2-6,8H2,1H3,(H,11,12). The molecular formula is C9H16N2O2. The molecule has 0 unspecified atom stereocenters. The molecule has 4 nitrogen and oxygen atoms in total. The Morgan fingerprint density at radius 1 is 1.46 bits per heavy atom. The average molecular weight is 184 g/mol. The van der Waals surface area contributed by atoms with E-state index in [1.165, 1.54) is 12.8 Å². The van der Waals surface area contributed by atoms with Crippen LogP contribution in [0.1, 0.15) is 39.0 Å². The van der Waals surface area contributed by atoms with E-state index in [0.29, 0.717) is 6.61 Å². The number of carbonyl (C=O) groups is 1. The molecule has 0 bridgehead atoms. The number of unbranched alkanes of at least 4 members (excludes halogenated alkanes) is 3. The second kappa shape index (κ2) is 9.01. The summed E-state index contributed by atoms with van der Waals surface area (Å²) in [5.74, 6) is -0.377. The van der Waals surface area contributed by atoms with Crippen LogP contribution in [0.25, 0.3) is 0 Å². The third-order valence-corrected chi connectivity index (χ3v) is 1.53. The molecule has 0 aromatic heterocycles. The number of nitrogens with zero attached hydrogens (tertiary/aromatic N) is 1. The van der Waals surface area contributed by atoms with Crippen LogP contribution in [0.5, 0.6) is 0 Å². The van der Waals surface area contributed by atoms with E-state index in [0.717, 1.165) is 12.8 Å². The van der Waals surface area contributed by atoms with Crippen molar-refractivity contribution >= 4 is 5.91 Å². The average Bonchev–Trinajstić information content (AvgIpc) is 2.11. The first-order valence-electron chi connectivity index (χ1n) is 4.58. The van der Waals surface area contributed by atoms with Crippen molar-refractivity contribution in [1.29, 1.82) is 5.26 Å². The van der Waals surface area contributed by atoms with Crippen LogP contribution in [0.2, 0.25) is 0 Å². The minimum Gasteiger partial charge on any atom is -0.274 e. The van der Waals surface area contributed by atoms with Gasteiger partial charge < -0.3 is 0 Å². The molecule has 0 fully saturated rings.